The van der Waals surface area contributed by atoms with Crippen LogP contribution < -0.4 is 4.74 Å². The zero-order valence-corrected chi connectivity index (χ0v) is 11.6. The molecule has 2 aromatic rings. The van der Waals surface area contributed by atoms with Gasteiger partial charge in [0.2, 0.25) is 0 Å². The van der Waals surface area contributed by atoms with Crippen molar-refractivity contribution >= 4 is 23.4 Å². The normalized spacial score (nSPS) is 10.1. The fourth-order valence-electron chi connectivity index (χ4n) is 1.72. The van der Waals surface area contributed by atoms with Crippen LogP contribution in [0.25, 0.3) is 0 Å². The molecule has 0 unspecified atom stereocenters. The van der Waals surface area contributed by atoms with Crippen LogP contribution in [0.4, 0.5) is 0 Å². The summed E-state index contributed by atoms with van der Waals surface area (Å²) in [6, 6.07) is 10.1. The number of aromatic nitrogens is 1. The Morgan fingerprint density at radius 1 is 1.20 bits per heavy atom. The van der Waals surface area contributed by atoms with Gasteiger partial charge >= 0.3 is 5.97 Å². The summed E-state index contributed by atoms with van der Waals surface area (Å²) in [4.78, 5) is 26.8. The molecule has 0 N–H and O–H groups in total. The third-order valence-electron chi connectivity index (χ3n) is 2.61. The van der Waals surface area contributed by atoms with Crippen molar-refractivity contribution in [3.8, 4) is 5.75 Å². The van der Waals surface area contributed by atoms with Crippen LogP contribution >= 0.6 is 11.6 Å². The van der Waals surface area contributed by atoms with E-state index in [-0.39, 0.29) is 23.3 Å². The Kier molecular flexibility index (Phi) is 4.48. The maximum absolute atomic E-state index is 12.1. The predicted molar refractivity (Wildman–Crippen MR) is 75.0 cm³/mol. The molecule has 0 amide bonds. The van der Waals surface area contributed by atoms with Crippen LogP contribution in [-0.4, -0.2) is 16.7 Å². The van der Waals surface area contributed by atoms with E-state index in [1.165, 1.54) is 13.1 Å². The Morgan fingerprint density at radius 3 is 2.50 bits per heavy atom. The Hall–Kier alpha value is -2.20. The van der Waals surface area contributed by atoms with Crippen molar-refractivity contribution in [3.05, 3.63) is 58.9 Å². The third kappa shape index (κ3) is 3.65. The van der Waals surface area contributed by atoms with Crippen molar-refractivity contribution in [2.24, 2.45) is 0 Å². The van der Waals surface area contributed by atoms with E-state index in [1.54, 1.807) is 36.4 Å². The van der Waals surface area contributed by atoms with Crippen LogP contribution in [0.3, 0.4) is 0 Å². The summed E-state index contributed by atoms with van der Waals surface area (Å²) in [5, 5.41) is 0.203. The first-order chi connectivity index (χ1) is 9.56. The number of hydrogen-bond donors (Lipinski definition) is 0. The van der Waals surface area contributed by atoms with Gasteiger partial charge in [0.25, 0.3) is 0 Å². The summed E-state index contributed by atoms with van der Waals surface area (Å²) in [6.45, 7) is 1.34. The van der Waals surface area contributed by atoms with Gasteiger partial charge in [-0.15, -0.1) is 0 Å². The van der Waals surface area contributed by atoms with Gasteiger partial charge in [0.1, 0.15) is 10.9 Å². The van der Waals surface area contributed by atoms with Crippen LogP contribution in [0, 0.1) is 0 Å². The quantitative estimate of drug-likeness (QED) is 0.376. The summed E-state index contributed by atoms with van der Waals surface area (Å²) < 4.78 is 4.92. The molecule has 2 rings (SSSR count). The maximum atomic E-state index is 12.1. The Balaban J connectivity index is 2.09. The number of esters is 1. The van der Waals surface area contributed by atoms with Crippen LogP contribution in [0.1, 0.15) is 22.8 Å². The molecular weight excluding hydrogens is 278 g/mol. The Labute approximate surface area is 121 Å². The molecule has 4 nitrogen and oxygen atoms in total. The van der Waals surface area contributed by atoms with Gasteiger partial charge in [-0.1, -0.05) is 23.7 Å². The number of hydrogen-bond acceptors (Lipinski definition) is 4. The fourth-order valence-corrected chi connectivity index (χ4v) is 1.94. The fraction of sp³-hybridized carbons (Fsp3) is 0.133. The molecular formula is C15H12ClNO3. The number of nitrogens with zero attached hydrogens (tertiary/aromatic N) is 1. The Bertz CT molecular complexity index is 638. The number of benzene rings is 1. The number of Topliss-reactive ketones (excluding diaryl/α,β-unsaturated/α-hetero) is 1. The molecule has 0 saturated carbocycles. The van der Waals surface area contributed by atoms with Gasteiger partial charge in [-0.05, 0) is 29.8 Å². The van der Waals surface area contributed by atoms with Crippen LogP contribution in [0.15, 0.2) is 42.6 Å². The molecule has 0 aliphatic rings. The maximum Gasteiger partial charge on any atom is 0.308 e. The molecule has 1 aromatic carbocycles. The molecule has 102 valence electrons. The molecule has 0 aliphatic carbocycles. The SMILES string of the molecule is CC(=O)Oc1ccc(CC(=O)c2cccnc2Cl)cc1. The minimum Gasteiger partial charge on any atom is -0.427 e. The van der Waals surface area contributed by atoms with E-state index in [9.17, 15) is 9.59 Å². The lowest BCUT2D eigenvalue weighted by atomic mass is 10.0. The van der Waals surface area contributed by atoms with E-state index < -0.39 is 0 Å². The number of ketones is 1. The minimum absolute atomic E-state index is 0.108. The van der Waals surface area contributed by atoms with E-state index in [4.69, 9.17) is 16.3 Å². The van der Waals surface area contributed by atoms with Crippen molar-refractivity contribution < 1.29 is 14.3 Å². The lowest BCUT2D eigenvalue weighted by Gasteiger charge is -2.05. The first-order valence-corrected chi connectivity index (χ1v) is 6.35. The van der Waals surface area contributed by atoms with Crippen LogP contribution in [0.5, 0.6) is 5.75 Å². The highest BCUT2D eigenvalue weighted by atomic mass is 35.5. The average molecular weight is 290 g/mol. The topological polar surface area (TPSA) is 56.3 Å². The second kappa shape index (κ2) is 6.30. The zero-order chi connectivity index (χ0) is 14.5. The summed E-state index contributed by atoms with van der Waals surface area (Å²) in [7, 11) is 0. The summed E-state index contributed by atoms with van der Waals surface area (Å²) in [6.07, 6.45) is 1.75. The first kappa shape index (κ1) is 14.2. The molecule has 0 spiro atoms. The van der Waals surface area contributed by atoms with Gasteiger partial charge in [-0.2, -0.15) is 0 Å². The van der Waals surface area contributed by atoms with Gasteiger partial charge in [0.05, 0.1) is 5.56 Å². The molecule has 20 heavy (non-hydrogen) atoms. The lowest BCUT2D eigenvalue weighted by molar-refractivity contribution is -0.131. The third-order valence-corrected chi connectivity index (χ3v) is 2.91. The summed E-state index contributed by atoms with van der Waals surface area (Å²) in [5.41, 5.74) is 1.21. The molecule has 0 aliphatic heterocycles. The number of rotatable bonds is 4. The molecule has 0 atom stereocenters. The monoisotopic (exact) mass is 289 g/mol. The molecule has 0 bridgehead atoms. The predicted octanol–water partition coefficient (Wildman–Crippen LogP) is 3.09. The number of halogens is 1. The van der Waals surface area contributed by atoms with E-state index >= 15 is 0 Å². The van der Waals surface area contributed by atoms with Crippen molar-refractivity contribution in [2.75, 3.05) is 0 Å². The molecule has 1 aromatic heterocycles. The summed E-state index contributed by atoms with van der Waals surface area (Å²) in [5.74, 6) is -0.0348. The van der Waals surface area contributed by atoms with Gasteiger partial charge in [0, 0.05) is 19.5 Å². The minimum atomic E-state index is -0.379. The van der Waals surface area contributed by atoms with E-state index in [0.29, 0.717) is 11.3 Å². The number of pyridine rings is 1. The highest BCUT2D eigenvalue weighted by molar-refractivity contribution is 6.32. The number of ether oxygens (including phenoxy) is 1. The van der Waals surface area contributed by atoms with Crippen LogP contribution in [0.2, 0.25) is 5.15 Å². The molecule has 1 heterocycles. The van der Waals surface area contributed by atoms with Gasteiger partial charge in [-0.25, -0.2) is 4.98 Å². The highest BCUT2D eigenvalue weighted by Gasteiger charge is 2.11. The lowest BCUT2D eigenvalue weighted by Crippen LogP contribution is -2.05. The van der Waals surface area contributed by atoms with Crippen molar-refractivity contribution in [3.63, 3.8) is 0 Å². The van der Waals surface area contributed by atoms with E-state index in [1.807, 2.05) is 0 Å². The van der Waals surface area contributed by atoms with Crippen molar-refractivity contribution in [1.82, 2.24) is 4.98 Å². The number of carbonyl (C=O) groups is 2. The van der Waals surface area contributed by atoms with Gasteiger partial charge in [-0.3, -0.25) is 9.59 Å². The molecule has 0 fully saturated rings. The highest BCUT2D eigenvalue weighted by Crippen LogP contribution is 2.17. The zero-order valence-electron chi connectivity index (χ0n) is 10.8. The number of carbonyl (C=O) groups excluding carboxylic acids is 2. The van der Waals surface area contributed by atoms with E-state index in [0.717, 1.165) is 5.56 Å². The first-order valence-electron chi connectivity index (χ1n) is 5.97. The standard InChI is InChI=1S/C15H12ClNO3/c1-10(18)20-12-6-4-11(5-7-12)9-14(19)13-3-2-8-17-15(13)16/h2-8H,9H2,1H3. The summed E-state index contributed by atoms with van der Waals surface area (Å²) >= 11 is 5.88. The molecule has 0 saturated heterocycles. The second-order valence-electron chi connectivity index (χ2n) is 4.18. The van der Waals surface area contributed by atoms with Gasteiger partial charge < -0.3 is 4.74 Å². The molecule has 5 heteroatoms. The van der Waals surface area contributed by atoms with Crippen molar-refractivity contribution in [2.45, 2.75) is 13.3 Å². The smallest absolute Gasteiger partial charge is 0.308 e. The van der Waals surface area contributed by atoms with E-state index in [2.05, 4.69) is 4.98 Å². The second-order valence-corrected chi connectivity index (χ2v) is 4.54. The Morgan fingerprint density at radius 2 is 1.90 bits per heavy atom. The molecule has 0 radical (unpaired) electrons. The largest absolute Gasteiger partial charge is 0.427 e. The van der Waals surface area contributed by atoms with Crippen LogP contribution in [-0.2, 0) is 11.2 Å². The van der Waals surface area contributed by atoms with Gasteiger partial charge in [0.15, 0.2) is 5.78 Å². The van der Waals surface area contributed by atoms with Crippen molar-refractivity contribution in [1.29, 1.82) is 0 Å². The average Bonchev–Trinajstić information content (AvgIpc) is 2.41.